The lowest BCUT2D eigenvalue weighted by molar-refractivity contribution is 0.501. The summed E-state index contributed by atoms with van der Waals surface area (Å²) in [5.74, 6) is 0.358. The number of halogens is 2. The van der Waals surface area contributed by atoms with Crippen molar-refractivity contribution < 1.29 is 4.39 Å². The molecule has 112 valence electrons. The van der Waals surface area contributed by atoms with E-state index in [0.29, 0.717) is 27.5 Å². The molecule has 0 N–H and O–H groups in total. The number of fused-ring (bicyclic) bond motifs is 2. The van der Waals surface area contributed by atoms with Crippen LogP contribution >= 0.6 is 22.9 Å². The number of nitrogens with zero attached hydrogens (tertiary/aromatic N) is 3. The van der Waals surface area contributed by atoms with E-state index in [0.717, 1.165) is 25.1 Å². The van der Waals surface area contributed by atoms with E-state index in [4.69, 9.17) is 11.6 Å². The Balaban J connectivity index is 1.92. The molecule has 0 saturated carbocycles. The number of thiazole rings is 1. The van der Waals surface area contributed by atoms with Gasteiger partial charge in [0.25, 0.3) is 5.56 Å². The first kappa shape index (κ1) is 13.8. The minimum atomic E-state index is -0.472. The molecule has 0 unspecified atom stereocenters. The second-order valence-corrected chi connectivity index (χ2v) is 6.63. The van der Waals surface area contributed by atoms with E-state index >= 15 is 0 Å². The van der Waals surface area contributed by atoms with Crippen molar-refractivity contribution in [1.82, 2.24) is 14.5 Å². The fraction of sp³-hybridized carbons (Fsp3) is 0.267. The molecule has 0 aliphatic carbocycles. The maximum absolute atomic E-state index is 13.3. The summed E-state index contributed by atoms with van der Waals surface area (Å²) in [5, 5.41) is 0.671. The van der Waals surface area contributed by atoms with E-state index in [1.54, 1.807) is 10.6 Å². The summed E-state index contributed by atoms with van der Waals surface area (Å²) in [6, 6.07) is 4.43. The van der Waals surface area contributed by atoms with E-state index in [1.165, 1.54) is 23.5 Å². The predicted octanol–water partition coefficient (Wildman–Crippen LogP) is 3.65. The van der Waals surface area contributed by atoms with Crippen molar-refractivity contribution >= 4 is 33.3 Å². The van der Waals surface area contributed by atoms with E-state index in [2.05, 4.69) is 9.97 Å². The predicted molar refractivity (Wildman–Crippen MR) is 85.0 cm³/mol. The van der Waals surface area contributed by atoms with Gasteiger partial charge in [-0.3, -0.25) is 9.36 Å². The van der Waals surface area contributed by atoms with Gasteiger partial charge in [-0.2, -0.15) is 0 Å². The van der Waals surface area contributed by atoms with E-state index in [-0.39, 0.29) is 10.6 Å². The fourth-order valence-electron chi connectivity index (χ4n) is 2.68. The molecule has 1 aromatic carbocycles. The molecular weight excluding hydrogens is 325 g/mol. The van der Waals surface area contributed by atoms with Crippen LogP contribution in [0, 0.1) is 5.82 Å². The maximum atomic E-state index is 13.3. The van der Waals surface area contributed by atoms with E-state index in [9.17, 15) is 9.18 Å². The molecule has 1 aliphatic heterocycles. The van der Waals surface area contributed by atoms with Crippen molar-refractivity contribution in [2.24, 2.45) is 0 Å². The first-order valence-corrected chi connectivity index (χ1v) is 8.18. The van der Waals surface area contributed by atoms with Crippen LogP contribution in [0.3, 0.4) is 0 Å². The van der Waals surface area contributed by atoms with Gasteiger partial charge in [-0.05, 0) is 31.0 Å². The summed E-state index contributed by atoms with van der Waals surface area (Å²) >= 11 is 7.15. The van der Waals surface area contributed by atoms with Crippen LogP contribution in [0.15, 0.2) is 23.0 Å². The van der Waals surface area contributed by atoms with Crippen LogP contribution in [0.1, 0.15) is 18.7 Å². The van der Waals surface area contributed by atoms with Crippen LogP contribution in [0.25, 0.3) is 20.9 Å². The molecule has 0 bridgehead atoms. The van der Waals surface area contributed by atoms with Gasteiger partial charge in [0, 0.05) is 18.5 Å². The largest absolute Gasteiger partial charge is 0.295 e. The zero-order valence-corrected chi connectivity index (χ0v) is 13.0. The van der Waals surface area contributed by atoms with Gasteiger partial charge < -0.3 is 0 Å². The molecule has 1 aliphatic rings. The molecule has 7 heteroatoms. The Kier molecular flexibility index (Phi) is 3.23. The van der Waals surface area contributed by atoms with Gasteiger partial charge in [-0.1, -0.05) is 22.9 Å². The summed E-state index contributed by atoms with van der Waals surface area (Å²) in [7, 11) is 0. The second-order valence-electron chi connectivity index (χ2n) is 5.24. The Morgan fingerprint density at radius 2 is 2.14 bits per heavy atom. The normalized spacial score (nSPS) is 14.3. The van der Waals surface area contributed by atoms with Crippen LogP contribution in [0.5, 0.6) is 0 Å². The Morgan fingerprint density at radius 3 is 2.95 bits per heavy atom. The fourth-order valence-corrected chi connectivity index (χ4v) is 3.80. The highest BCUT2D eigenvalue weighted by atomic mass is 35.5. The lowest BCUT2D eigenvalue weighted by Crippen LogP contribution is -2.28. The Hall–Kier alpha value is -1.79. The SMILES string of the molecule is O=c1c2nc(-c3ccc(F)c(Cl)c3)sc2nc2n1CCCC2. The minimum absolute atomic E-state index is 0.0423. The van der Waals surface area contributed by atoms with Crippen molar-refractivity contribution in [1.29, 1.82) is 0 Å². The first-order valence-electron chi connectivity index (χ1n) is 6.99. The second kappa shape index (κ2) is 5.14. The highest BCUT2D eigenvalue weighted by Crippen LogP contribution is 2.30. The highest BCUT2D eigenvalue weighted by Gasteiger charge is 2.18. The average molecular weight is 336 g/mol. The molecule has 0 radical (unpaired) electrons. The summed E-state index contributed by atoms with van der Waals surface area (Å²) < 4.78 is 15.0. The van der Waals surface area contributed by atoms with Gasteiger partial charge >= 0.3 is 0 Å². The molecule has 0 atom stereocenters. The summed E-state index contributed by atoms with van der Waals surface area (Å²) in [4.78, 5) is 22.1. The van der Waals surface area contributed by atoms with Crippen LogP contribution in [-0.2, 0) is 13.0 Å². The first-order chi connectivity index (χ1) is 10.6. The molecular formula is C15H11ClFN3OS. The highest BCUT2D eigenvalue weighted by molar-refractivity contribution is 7.21. The van der Waals surface area contributed by atoms with Crippen LogP contribution in [-0.4, -0.2) is 14.5 Å². The third-order valence-electron chi connectivity index (χ3n) is 3.80. The standard InChI is InChI=1S/C15H11ClFN3OS/c16-9-7-8(4-5-10(9)17)13-19-12-14(22-13)18-11-3-1-2-6-20(11)15(12)21/h4-5,7H,1-3,6H2. The van der Waals surface area contributed by atoms with Crippen LogP contribution in [0.2, 0.25) is 5.02 Å². The smallest absolute Gasteiger partial charge is 0.280 e. The van der Waals surface area contributed by atoms with Crippen molar-refractivity contribution in [3.63, 3.8) is 0 Å². The summed E-state index contributed by atoms with van der Waals surface area (Å²) in [5.41, 5.74) is 0.985. The summed E-state index contributed by atoms with van der Waals surface area (Å²) in [6.07, 6.45) is 2.86. The number of benzene rings is 1. The quantitative estimate of drug-likeness (QED) is 0.682. The molecule has 2 aromatic heterocycles. The Labute approximate surface area is 134 Å². The summed E-state index contributed by atoms with van der Waals surface area (Å²) in [6.45, 7) is 0.701. The molecule has 22 heavy (non-hydrogen) atoms. The Bertz CT molecular complexity index is 950. The lowest BCUT2D eigenvalue weighted by Gasteiger charge is -2.16. The maximum Gasteiger partial charge on any atom is 0.280 e. The molecule has 0 amide bonds. The number of hydrogen-bond acceptors (Lipinski definition) is 4. The third-order valence-corrected chi connectivity index (χ3v) is 5.09. The zero-order valence-electron chi connectivity index (χ0n) is 11.5. The average Bonchev–Trinajstić information content (AvgIpc) is 2.94. The topological polar surface area (TPSA) is 47.8 Å². The zero-order chi connectivity index (χ0) is 15.3. The number of aryl methyl sites for hydroxylation is 1. The number of rotatable bonds is 1. The molecule has 3 aromatic rings. The van der Waals surface area contributed by atoms with Crippen molar-refractivity contribution in [3.8, 4) is 10.6 Å². The van der Waals surface area contributed by atoms with Crippen molar-refractivity contribution in [2.45, 2.75) is 25.8 Å². The van der Waals surface area contributed by atoms with Gasteiger partial charge in [0.1, 0.15) is 16.6 Å². The molecule has 4 rings (SSSR count). The third kappa shape index (κ3) is 2.14. The van der Waals surface area contributed by atoms with Gasteiger partial charge in [0.15, 0.2) is 10.3 Å². The molecule has 3 heterocycles. The van der Waals surface area contributed by atoms with Gasteiger partial charge in [-0.15, -0.1) is 0 Å². The monoisotopic (exact) mass is 335 g/mol. The van der Waals surface area contributed by atoms with E-state index in [1.807, 2.05) is 0 Å². The molecule has 0 spiro atoms. The van der Waals surface area contributed by atoms with Crippen LogP contribution in [0.4, 0.5) is 4.39 Å². The number of aromatic nitrogens is 3. The van der Waals surface area contributed by atoms with Gasteiger partial charge in [-0.25, -0.2) is 14.4 Å². The van der Waals surface area contributed by atoms with Gasteiger partial charge in [0.05, 0.1) is 5.02 Å². The number of hydrogen-bond donors (Lipinski definition) is 0. The van der Waals surface area contributed by atoms with E-state index < -0.39 is 5.82 Å². The van der Waals surface area contributed by atoms with Crippen molar-refractivity contribution in [2.75, 3.05) is 0 Å². The molecule has 0 saturated heterocycles. The minimum Gasteiger partial charge on any atom is -0.295 e. The Morgan fingerprint density at radius 1 is 1.27 bits per heavy atom. The molecule has 4 nitrogen and oxygen atoms in total. The van der Waals surface area contributed by atoms with Crippen LogP contribution < -0.4 is 5.56 Å². The molecule has 0 fully saturated rings. The van der Waals surface area contributed by atoms with Gasteiger partial charge in [0.2, 0.25) is 0 Å². The van der Waals surface area contributed by atoms with Crippen molar-refractivity contribution in [3.05, 3.63) is 45.2 Å². The lowest BCUT2D eigenvalue weighted by atomic mass is 10.1.